The fourth-order valence-corrected chi connectivity index (χ4v) is 2.44. The maximum Gasteiger partial charge on any atom is 0.0864 e. The number of hydrogen-bond donors (Lipinski definition) is 0. The van der Waals surface area contributed by atoms with E-state index in [0.717, 1.165) is 6.42 Å². The molecule has 0 bridgehead atoms. The Labute approximate surface area is 110 Å². The van der Waals surface area contributed by atoms with Crippen LogP contribution in [0.1, 0.15) is 31.4 Å². The Bertz CT molecular complexity index is 480. The summed E-state index contributed by atoms with van der Waals surface area (Å²) in [6.07, 6.45) is 5.68. The van der Waals surface area contributed by atoms with Crippen LogP contribution in [-0.4, -0.2) is 13.2 Å². The van der Waals surface area contributed by atoms with E-state index in [1.54, 1.807) is 7.11 Å². The highest BCUT2D eigenvalue weighted by molar-refractivity contribution is 5.72. The molecule has 0 fully saturated rings. The van der Waals surface area contributed by atoms with Crippen LogP contribution in [0.25, 0.3) is 5.57 Å². The van der Waals surface area contributed by atoms with E-state index in [2.05, 4.69) is 57.2 Å². The van der Waals surface area contributed by atoms with Gasteiger partial charge in [0, 0.05) is 7.11 Å². The Morgan fingerprint density at radius 2 is 2.00 bits per heavy atom. The summed E-state index contributed by atoms with van der Waals surface area (Å²) in [7, 11) is 1.80. The molecule has 1 nitrogen and oxygen atoms in total. The van der Waals surface area contributed by atoms with Crippen LogP contribution in [0.3, 0.4) is 0 Å². The molecule has 0 aliphatic heterocycles. The van der Waals surface area contributed by atoms with Crippen molar-refractivity contribution in [3.63, 3.8) is 0 Å². The van der Waals surface area contributed by atoms with Crippen molar-refractivity contribution in [3.05, 3.63) is 53.1 Å². The van der Waals surface area contributed by atoms with Gasteiger partial charge in [-0.05, 0) is 30.4 Å². The lowest BCUT2D eigenvalue weighted by Crippen LogP contribution is -2.18. The summed E-state index contributed by atoms with van der Waals surface area (Å²) in [6, 6.07) is 8.63. The predicted molar refractivity (Wildman–Crippen MR) is 77.5 cm³/mol. The van der Waals surface area contributed by atoms with E-state index < -0.39 is 0 Å². The Morgan fingerprint density at radius 3 is 2.61 bits per heavy atom. The fourth-order valence-electron chi connectivity index (χ4n) is 2.44. The van der Waals surface area contributed by atoms with E-state index in [0.29, 0.717) is 5.92 Å². The molecular formula is C17H22O. The Kier molecular flexibility index (Phi) is 4.03. The molecule has 0 aromatic heterocycles. The second-order valence-corrected chi connectivity index (χ2v) is 5.32. The van der Waals surface area contributed by atoms with Crippen LogP contribution in [0.4, 0.5) is 0 Å². The molecule has 96 valence electrons. The third-order valence-electron chi connectivity index (χ3n) is 3.62. The summed E-state index contributed by atoms with van der Waals surface area (Å²) in [5.74, 6) is 0.595. The topological polar surface area (TPSA) is 9.23 Å². The van der Waals surface area contributed by atoms with Gasteiger partial charge in [-0.2, -0.15) is 0 Å². The monoisotopic (exact) mass is 242 g/mol. The summed E-state index contributed by atoms with van der Waals surface area (Å²) in [5.41, 5.74) is 5.34. The van der Waals surface area contributed by atoms with Gasteiger partial charge in [0.15, 0.2) is 0 Å². The zero-order valence-corrected chi connectivity index (χ0v) is 11.7. The van der Waals surface area contributed by atoms with Gasteiger partial charge in [-0.1, -0.05) is 61.4 Å². The molecule has 0 radical (unpaired) electrons. The van der Waals surface area contributed by atoms with Gasteiger partial charge in [-0.25, -0.2) is 0 Å². The first-order valence-electron chi connectivity index (χ1n) is 6.62. The van der Waals surface area contributed by atoms with Crippen molar-refractivity contribution in [3.8, 4) is 0 Å². The van der Waals surface area contributed by atoms with Crippen molar-refractivity contribution in [1.82, 2.24) is 0 Å². The van der Waals surface area contributed by atoms with Crippen molar-refractivity contribution < 1.29 is 4.74 Å². The van der Waals surface area contributed by atoms with Crippen LogP contribution < -0.4 is 0 Å². The second kappa shape index (κ2) is 5.53. The highest BCUT2D eigenvalue weighted by atomic mass is 16.5. The van der Waals surface area contributed by atoms with E-state index in [4.69, 9.17) is 4.74 Å². The Balaban J connectivity index is 2.36. The highest BCUT2D eigenvalue weighted by Crippen LogP contribution is 2.32. The lowest BCUT2D eigenvalue weighted by Gasteiger charge is -2.26. The van der Waals surface area contributed by atoms with E-state index in [9.17, 15) is 0 Å². The van der Waals surface area contributed by atoms with Crippen LogP contribution in [0.2, 0.25) is 0 Å². The molecular weight excluding hydrogens is 220 g/mol. The standard InChI is InChI=1S/C17H22O/c1-12(2)14-8-9-16(17(11-14)18-4)15-7-5-6-13(3)10-15/h5-10,12,17H,11H2,1-4H3. The van der Waals surface area contributed by atoms with E-state index >= 15 is 0 Å². The largest absolute Gasteiger partial charge is 0.376 e. The van der Waals surface area contributed by atoms with Gasteiger partial charge < -0.3 is 4.74 Å². The molecule has 0 saturated heterocycles. The minimum atomic E-state index is 0.189. The van der Waals surface area contributed by atoms with Gasteiger partial charge in [0.05, 0.1) is 6.10 Å². The third-order valence-corrected chi connectivity index (χ3v) is 3.62. The van der Waals surface area contributed by atoms with Crippen molar-refractivity contribution in [2.75, 3.05) is 7.11 Å². The molecule has 1 heteroatoms. The molecule has 0 spiro atoms. The molecule has 18 heavy (non-hydrogen) atoms. The van der Waals surface area contributed by atoms with E-state index in [-0.39, 0.29) is 6.10 Å². The van der Waals surface area contributed by atoms with Gasteiger partial charge in [-0.3, -0.25) is 0 Å². The first kappa shape index (κ1) is 13.1. The summed E-state index contributed by atoms with van der Waals surface area (Å²) >= 11 is 0. The number of hydrogen-bond acceptors (Lipinski definition) is 1. The Hall–Kier alpha value is -1.34. The first-order chi connectivity index (χ1) is 8.61. The molecule has 1 aromatic rings. The zero-order valence-electron chi connectivity index (χ0n) is 11.7. The normalized spacial score (nSPS) is 19.7. The predicted octanol–water partition coefficient (Wildman–Crippen LogP) is 4.38. The average Bonchev–Trinajstić information content (AvgIpc) is 2.37. The van der Waals surface area contributed by atoms with Gasteiger partial charge >= 0.3 is 0 Å². The maximum atomic E-state index is 5.67. The first-order valence-corrected chi connectivity index (χ1v) is 6.62. The molecule has 0 saturated carbocycles. The molecule has 1 atom stereocenters. The van der Waals surface area contributed by atoms with Gasteiger partial charge in [0.25, 0.3) is 0 Å². The SMILES string of the molecule is COC1CC(C(C)C)=CC=C1c1cccc(C)c1. The second-order valence-electron chi connectivity index (χ2n) is 5.32. The molecule has 2 rings (SSSR count). The fraction of sp³-hybridized carbons (Fsp3) is 0.412. The molecule has 1 aliphatic carbocycles. The van der Waals surface area contributed by atoms with Gasteiger partial charge in [0.2, 0.25) is 0 Å². The van der Waals surface area contributed by atoms with Crippen LogP contribution in [0, 0.1) is 12.8 Å². The lowest BCUT2D eigenvalue weighted by molar-refractivity contribution is 0.146. The van der Waals surface area contributed by atoms with Crippen molar-refractivity contribution in [2.45, 2.75) is 33.3 Å². The van der Waals surface area contributed by atoms with Crippen molar-refractivity contribution >= 4 is 5.57 Å². The summed E-state index contributed by atoms with van der Waals surface area (Å²) in [4.78, 5) is 0. The lowest BCUT2D eigenvalue weighted by atomic mass is 9.86. The third kappa shape index (κ3) is 2.73. The zero-order chi connectivity index (χ0) is 13.1. The van der Waals surface area contributed by atoms with Crippen molar-refractivity contribution in [2.24, 2.45) is 5.92 Å². The molecule has 1 aliphatic rings. The smallest absolute Gasteiger partial charge is 0.0864 e. The molecule has 0 heterocycles. The van der Waals surface area contributed by atoms with Crippen LogP contribution in [-0.2, 0) is 4.74 Å². The number of benzene rings is 1. The number of methoxy groups -OCH3 is 1. The van der Waals surface area contributed by atoms with Gasteiger partial charge in [-0.15, -0.1) is 0 Å². The summed E-state index contributed by atoms with van der Waals surface area (Å²) in [5, 5.41) is 0. The van der Waals surface area contributed by atoms with Gasteiger partial charge in [0.1, 0.15) is 0 Å². The van der Waals surface area contributed by atoms with Crippen molar-refractivity contribution in [1.29, 1.82) is 0 Å². The molecule has 1 unspecified atom stereocenters. The number of rotatable bonds is 3. The minimum absolute atomic E-state index is 0.189. The summed E-state index contributed by atoms with van der Waals surface area (Å²) < 4.78 is 5.67. The molecule has 0 N–H and O–H groups in total. The molecule has 1 aromatic carbocycles. The van der Waals surface area contributed by atoms with Crippen LogP contribution >= 0.6 is 0 Å². The average molecular weight is 242 g/mol. The number of ether oxygens (including phenoxy) is 1. The van der Waals surface area contributed by atoms with E-state index in [1.165, 1.54) is 22.3 Å². The number of allylic oxidation sites excluding steroid dienone is 2. The summed E-state index contributed by atoms with van der Waals surface area (Å²) in [6.45, 7) is 6.61. The quantitative estimate of drug-likeness (QED) is 0.764. The Morgan fingerprint density at radius 1 is 1.22 bits per heavy atom. The highest BCUT2D eigenvalue weighted by Gasteiger charge is 2.21. The molecule has 0 amide bonds. The maximum absolute atomic E-state index is 5.67. The number of aryl methyl sites for hydroxylation is 1. The van der Waals surface area contributed by atoms with Crippen LogP contribution in [0.5, 0.6) is 0 Å². The van der Waals surface area contributed by atoms with Crippen LogP contribution in [0.15, 0.2) is 42.0 Å². The van der Waals surface area contributed by atoms with E-state index in [1.807, 2.05) is 0 Å². The minimum Gasteiger partial charge on any atom is -0.376 e.